The fraction of sp³-hybridized carbons (Fsp3) is 0.588. The first-order chi connectivity index (χ1) is 9.48. The summed E-state index contributed by atoms with van der Waals surface area (Å²) in [5.74, 6) is 0.170. The highest BCUT2D eigenvalue weighted by Crippen LogP contribution is 2.52. The number of fused-ring (bicyclic) bond motifs is 3. The van der Waals surface area contributed by atoms with Gasteiger partial charge in [0.1, 0.15) is 0 Å². The van der Waals surface area contributed by atoms with Gasteiger partial charge in [0.2, 0.25) is 5.91 Å². The summed E-state index contributed by atoms with van der Waals surface area (Å²) < 4.78 is 0. The first-order valence-corrected chi connectivity index (χ1v) is 7.53. The summed E-state index contributed by atoms with van der Waals surface area (Å²) in [5.41, 5.74) is 2.79. The first-order valence-electron chi connectivity index (χ1n) is 7.53. The Morgan fingerprint density at radius 2 is 2.05 bits per heavy atom. The molecule has 0 spiro atoms. The van der Waals surface area contributed by atoms with E-state index in [9.17, 15) is 4.79 Å². The van der Waals surface area contributed by atoms with E-state index in [1.54, 1.807) is 6.92 Å². The Labute approximate surface area is 121 Å². The molecule has 0 unspecified atom stereocenters. The number of benzene rings is 1. The van der Waals surface area contributed by atoms with Gasteiger partial charge in [-0.15, -0.1) is 0 Å². The van der Waals surface area contributed by atoms with Crippen molar-refractivity contribution in [1.82, 2.24) is 4.90 Å². The number of carbonyl (C=O) groups is 1. The van der Waals surface area contributed by atoms with Crippen LogP contribution >= 0.6 is 0 Å². The number of rotatable bonds is 1. The van der Waals surface area contributed by atoms with Gasteiger partial charge in [0, 0.05) is 44.2 Å². The molecule has 2 aliphatic rings. The molecule has 3 nitrogen and oxygen atoms in total. The average Bonchev–Trinajstić information content (AvgIpc) is 2.67. The largest absolute Gasteiger partial charge is 0.370 e. The molecule has 1 aromatic rings. The number of likely N-dealkylation sites (N-methyl/N-ethyl adjacent to an activating group) is 2. The van der Waals surface area contributed by atoms with Crippen LogP contribution in [0.15, 0.2) is 24.3 Å². The van der Waals surface area contributed by atoms with E-state index in [2.05, 4.69) is 43.1 Å². The van der Waals surface area contributed by atoms with Gasteiger partial charge in [0.25, 0.3) is 0 Å². The van der Waals surface area contributed by atoms with E-state index >= 15 is 0 Å². The Kier molecular flexibility index (Phi) is 3.03. The van der Waals surface area contributed by atoms with Gasteiger partial charge >= 0.3 is 0 Å². The Balaban J connectivity index is 2.12. The molecule has 0 radical (unpaired) electrons. The molecular weight excluding hydrogens is 248 g/mol. The summed E-state index contributed by atoms with van der Waals surface area (Å²) in [6.45, 7) is 4.03. The second kappa shape index (κ2) is 4.51. The summed E-state index contributed by atoms with van der Waals surface area (Å²) in [6, 6.07) is 9.49. The van der Waals surface area contributed by atoms with Gasteiger partial charge in [-0.3, -0.25) is 4.79 Å². The lowest BCUT2D eigenvalue weighted by atomic mass is 9.65. The van der Waals surface area contributed by atoms with E-state index in [0.717, 1.165) is 6.42 Å². The third-order valence-electron chi connectivity index (χ3n) is 5.64. The molecule has 1 saturated carbocycles. The highest BCUT2D eigenvalue weighted by Gasteiger charge is 2.54. The first kappa shape index (κ1) is 13.5. The molecule has 108 valence electrons. The van der Waals surface area contributed by atoms with E-state index in [1.807, 2.05) is 11.9 Å². The third kappa shape index (κ3) is 1.62. The van der Waals surface area contributed by atoms with Crippen molar-refractivity contribution >= 4 is 11.6 Å². The Hall–Kier alpha value is -1.51. The van der Waals surface area contributed by atoms with Gasteiger partial charge in [-0.1, -0.05) is 25.1 Å². The van der Waals surface area contributed by atoms with Crippen LogP contribution in [0.4, 0.5) is 5.69 Å². The Morgan fingerprint density at radius 3 is 2.75 bits per heavy atom. The second-order valence-corrected chi connectivity index (χ2v) is 6.50. The smallest absolute Gasteiger partial charge is 0.219 e. The quantitative estimate of drug-likeness (QED) is 0.785. The molecule has 3 rings (SSSR count). The molecule has 0 bridgehead atoms. The summed E-state index contributed by atoms with van der Waals surface area (Å²) in [6.07, 6.45) is 3.51. The lowest BCUT2D eigenvalue weighted by molar-refractivity contribution is -0.131. The topological polar surface area (TPSA) is 23.6 Å². The minimum atomic E-state index is 0.0456. The van der Waals surface area contributed by atoms with E-state index < -0.39 is 0 Å². The van der Waals surface area contributed by atoms with Crippen molar-refractivity contribution in [2.24, 2.45) is 0 Å². The standard InChI is InChI=1S/C17H24N2O/c1-12(20)18(3)15-10-7-11-16-17(15,2)13-8-5-6-9-14(13)19(16)4/h5-6,8-9,15-16H,7,10-11H2,1-4H3/t15-,16+,17+/m0/s1. The zero-order valence-electron chi connectivity index (χ0n) is 12.9. The van der Waals surface area contributed by atoms with Gasteiger partial charge in [0.05, 0.1) is 0 Å². The van der Waals surface area contributed by atoms with Crippen molar-refractivity contribution in [2.75, 3.05) is 19.0 Å². The minimum absolute atomic E-state index is 0.0456. The number of para-hydroxylation sites is 1. The second-order valence-electron chi connectivity index (χ2n) is 6.50. The zero-order chi connectivity index (χ0) is 14.5. The predicted molar refractivity (Wildman–Crippen MR) is 82.1 cm³/mol. The molecule has 0 saturated heterocycles. The van der Waals surface area contributed by atoms with Gasteiger partial charge in [0.15, 0.2) is 0 Å². The maximum absolute atomic E-state index is 11.9. The number of amides is 1. The summed E-state index contributed by atoms with van der Waals surface area (Å²) in [7, 11) is 4.16. The molecule has 1 amide bonds. The van der Waals surface area contributed by atoms with Crippen LogP contribution < -0.4 is 4.90 Å². The number of carbonyl (C=O) groups excluding carboxylic acids is 1. The molecule has 1 heterocycles. The number of anilines is 1. The highest BCUT2D eigenvalue weighted by atomic mass is 16.2. The van der Waals surface area contributed by atoms with Crippen molar-refractivity contribution in [3.8, 4) is 0 Å². The van der Waals surface area contributed by atoms with E-state index in [0.29, 0.717) is 12.1 Å². The van der Waals surface area contributed by atoms with Crippen molar-refractivity contribution in [3.05, 3.63) is 29.8 Å². The fourth-order valence-corrected chi connectivity index (χ4v) is 4.50. The predicted octanol–water partition coefficient (Wildman–Crippen LogP) is 2.79. The molecular formula is C17H24N2O. The molecule has 3 atom stereocenters. The van der Waals surface area contributed by atoms with E-state index in [-0.39, 0.29) is 11.3 Å². The normalized spacial score (nSPS) is 31.7. The molecule has 0 aromatic heterocycles. The van der Waals surface area contributed by atoms with E-state index in [1.165, 1.54) is 24.1 Å². The minimum Gasteiger partial charge on any atom is -0.370 e. The van der Waals surface area contributed by atoms with Gasteiger partial charge in [-0.2, -0.15) is 0 Å². The SMILES string of the molecule is CC(=O)N(C)[C@H]1CCC[C@H]2N(C)c3ccccc3[C@]12C. The van der Waals surface area contributed by atoms with Crippen LogP contribution in [0.25, 0.3) is 0 Å². The molecule has 1 fully saturated rings. The molecule has 1 aliphatic heterocycles. The van der Waals surface area contributed by atoms with E-state index in [4.69, 9.17) is 0 Å². The molecule has 20 heavy (non-hydrogen) atoms. The van der Waals surface area contributed by atoms with Crippen LogP contribution in [0.1, 0.15) is 38.7 Å². The summed E-state index contributed by atoms with van der Waals surface area (Å²) in [5, 5.41) is 0. The Bertz CT molecular complexity index is 542. The fourth-order valence-electron chi connectivity index (χ4n) is 4.50. The average molecular weight is 272 g/mol. The maximum Gasteiger partial charge on any atom is 0.219 e. The number of nitrogens with zero attached hydrogens (tertiary/aromatic N) is 2. The number of hydrogen-bond donors (Lipinski definition) is 0. The van der Waals surface area contributed by atoms with Gasteiger partial charge in [-0.25, -0.2) is 0 Å². The van der Waals surface area contributed by atoms with Crippen molar-refractivity contribution < 1.29 is 4.79 Å². The maximum atomic E-state index is 11.9. The zero-order valence-corrected chi connectivity index (χ0v) is 12.9. The van der Waals surface area contributed by atoms with Crippen LogP contribution in [0, 0.1) is 0 Å². The number of hydrogen-bond acceptors (Lipinski definition) is 2. The van der Waals surface area contributed by atoms with Crippen LogP contribution in [-0.4, -0.2) is 37.0 Å². The van der Waals surface area contributed by atoms with Crippen LogP contribution in [-0.2, 0) is 10.2 Å². The molecule has 0 N–H and O–H groups in total. The molecule has 1 aromatic carbocycles. The van der Waals surface area contributed by atoms with Crippen LogP contribution in [0.5, 0.6) is 0 Å². The Morgan fingerprint density at radius 1 is 1.35 bits per heavy atom. The van der Waals surface area contributed by atoms with Gasteiger partial charge in [-0.05, 0) is 30.9 Å². The van der Waals surface area contributed by atoms with Gasteiger partial charge < -0.3 is 9.80 Å². The molecule has 1 aliphatic carbocycles. The summed E-state index contributed by atoms with van der Waals surface area (Å²) >= 11 is 0. The third-order valence-corrected chi connectivity index (χ3v) is 5.64. The van der Waals surface area contributed by atoms with Crippen molar-refractivity contribution in [3.63, 3.8) is 0 Å². The summed E-state index contributed by atoms with van der Waals surface area (Å²) in [4.78, 5) is 16.3. The molecule has 3 heteroatoms. The monoisotopic (exact) mass is 272 g/mol. The lowest BCUT2D eigenvalue weighted by Crippen LogP contribution is -2.58. The highest BCUT2D eigenvalue weighted by molar-refractivity contribution is 5.74. The van der Waals surface area contributed by atoms with Crippen LogP contribution in [0.2, 0.25) is 0 Å². The lowest BCUT2D eigenvalue weighted by Gasteiger charge is -2.48. The van der Waals surface area contributed by atoms with Crippen molar-refractivity contribution in [1.29, 1.82) is 0 Å². The van der Waals surface area contributed by atoms with Crippen molar-refractivity contribution in [2.45, 2.75) is 50.6 Å². The van der Waals surface area contributed by atoms with Crippen LogP contribution in [0.3, 0.4) is 0 Å².